The third-order valence-corrected chi connectivity index (χ3v) is 5.69. The highest BCUT2D eigenvalue weighted by Gasteiger charge is 2.26. The Labute approximate surface area is 169 Å². The van der Waals surface area contributed by atoms with Crippen LogP contribution in [0.3, 0.4) is 0 Å². The standard InChI is InChI=1S/C21H26N2O4S/c1-14-5-3-4-6-19(14)23-20(24)15(2)27-21(25)16-7-9-18(10-8-16)26-11-17-12-28-13-22-17/h7-10,12-15,19H,3-6,11H2,1-2H3,(H,23,24)/t14-,15-,19-/m0/s1. The number of amides is 1. The van der Waals surface area contributed by atoms with Crippen LogP contribution in [-0.2, 0) is 16.1 Å². The molecule has 150 valence electrons. The number of esters is 1. The Morgan fingerprint density at radius 3 is 2.68 bits per heavy atom. The molecule has 28 heavy (non-hydrogen) atoms. The Kier molecular flexibility index (Phi) is 7.03. The van der Waals surface area contributed by atoms with Gasteiger partial charge in [0.05, 0.1) is 16.8 Å². The molecule has 1 amide bonds. The van der Waals surface area contributed by atoms with Crippen LogP contribution in [0, 0.1) is 5.92 Å². The first-order chi connectivity index (χ1) is 13.5. The van der Waals surface area contributed by atoms with E-state index in [2.05, 4.69) is 17.2 Å². The van der Waals surface area contributed by atoms with Crippen molar-refractivity contribution in [1.82, 2.24) is 10.3 Å². The molecule has 0 radical (unpaired) electrons. The van der Waals surface area contributed by atoms with Crippen molar-refractivity contribution >= 4 is 23.2 Å². The highest BCUT2D eigenvalue weighted by Crippen LogP contribution is 2.24. The second kappa shape index (κ2) is 9.68. The summed E-state index contributed by atoms with van der Waals surface area (Å²) in [6.45, 7) is 4.13. The molecule has 0 spiro atoms. The molecule has 1 aliphatic carbocycles. The fraction of sp³-hybridized carbons (Fsp3) is 0.476. The number of thiazole rings is 1. The van der Waals surface area contributed by atoms with Crippen molar-refractivity contribution in [2.45, 2.75) is 58.3 Å². The quantitative estimate of drug-likeness (QED) is 0.709. The number of hydrogen-bond donors (Lipinski definition) is 1. The summed E-state index contributed by atoms with van der Waals surface area (Å²) in [5.41, 5.74) is 3.00. The highest BCUT2D eigenvalue weighted by molar-refractivity contribution is 7.07. The van der Waals surface area contributed by atoms with E-state index in [1.807, 2.05) is 5.38 Å². The van der Waals surface area contributed by atoms with Gasteiger partial charge in [-0.15, -0.1) is 11.3 Å². The zero-order chi connectivity index (χ0) is 19.9. The lowest BCUT2D eigenvalue weighted by Crippen LogP contribution is -2.45. The number of carbonyl (C=O) groups excluding carboxylic acids is 2. The van der Waals surface area contributed by atoms with Crippen LogP contribution in [0.15, 0.2) is 35.2 Å². The number of ether oxygens (including phenoxy) is 2. The van der Waals surface area contributed by atoms with Crippen LogP contribution in [0.2, 0.25) is 0 Å². The maximum absolute atomic E-state index is 12.4. The van der Waals surface area contributed by atoms with Gasteiger partial charge in [0, 0.05) is 11.4 Å². The third kappa shape index (κ3) is 5.55. The monoisotopic (exact) mass is 402 g/mol. The molecular weight excluding hydrogens is 376 g/mol. The molecule has 3 atom stereocenters. The SMILES string of the molecule is C[C@H](OC(=O)c1ccc(OCc2cscn2)cc1)C(=O)N[C@H]1CCCC[C@@H]1C. The first-order valence-electron chi connectivity index (χ1n) is 9.64. The molecule has 1 heterocycles. The van der Waals surface area contributed by atoms with Gasteiger partial charge in [-0.25, -0.2) is 9.78 Å². The van der Waals surface area contributed by atoms with Gasteiger partial charge in [-0.3, -0.25) is 4.79 Å². The molecule has 1 N–H and O–H groups in total. The van der Waals surface area contributed by atoms with E-state index < -0.39 is 12.1 Å². The van der Waals surface area contributed by atoms with Gasteiger partial charge in [0.1, 0.15) is 12.4 Å². The summed E-state index contributed by atoms with van der Waals surface area (Å²) in [6.07, 6.45) is 3.61. The minimum absolute atomic E-state index is 0.163. The number of nitrogens with one attached hydrogen (secondary N) is 1. The number of aromatic nitrogens is 1. The molecule has 1 aromatic heterocycles. The summed E-state index contributed by atoms with van der Waals surface area (Å²) in [7, 11) is 0. The predicted octanol–water partition coefficient (Wildman–Crippen LogP) is 3.96. The number of rotatable bonds is 7. The van der Waals surface area contributed by atoms with Crippen LogP contribution in [0.5, 0.6) is 5.75 Å². The third-order valence-electron chi connectivity index (χ3n) is 5.05. The Balaban J connectivity index is 1.48. The minimum Gasteiger partial charge on any atom is -0.487 e. The van der Waals surface area contributed by atoms with E-state index in [-0.39, 0.29) is 11.9 Å². The predicted molar refractivity (Wildman–Crippen MR) is 107 cm³/mol. The lowest BCUT2D eigenvalue weighted by Gasteiger charge is -2.30. The maximum Gasteiger partial charge on any atom is 0.338 e. The molecule has 0 bridgehead atoms. The largest absolute Gasteiger partial charge is 0.487 e. The number of benzene rings is 1. The van der Waals surface area contributed by atoms with E-state index in [0.29, 0.717) is 23.8 Å². The van der Waals surface area contributed by atoms with Crippen LogP contribution in [0.4, 0.5) is 0 Å². The second-order valence-electron chi connectivity index (χ2n) is 7.22. The van der Waals surface area contributed by atoms with E-state index in [9.17, 15) is 9.59 Å². The Morgan fingerprint density at radius 1 is 1.25 bits per heavy atom. The first-order valence-corrected chi connectivity index (χ1v) is 10.6. The Morgan fingerprint density at radius 2 is 2.00 bits per heavy atom. The maximum atomic E-state index is 12.4. The van der Waals surface area contributed by atoms with Gasteiger partial charge in [0.15, 0.2) is 6.10 Å². The number of hydrogen-bond acceptors (Lipinski definition) is 6. The molecule has 1 aromatic carbocycles. The molecule has 7 heteroatoms. The fourth-order valence-electron chi connectivity index (χ4n) is 3.27. The van der Waals surface area contributed by atoms with E-state index in [1.165, 1.54) is 17.8 Å². The normalized spacial score (nSPS) is 20.2. The first kappa shape index (κ1) is 20.3. The van der Waals surface area contributed by atoms with Crippen LogP contribution in [0.25, 0.3) is 0 Å². The summed E-state index contributed by atoms with van der Waals surface area (Å²) in [5.74, 6) is 0.333. The van der Waals surface area contributed by atoms with Crippen LogP contribution in [-0.4, -0.2) is 29.0 Å². The molecule has 1 aliphatic rings. The van der Waals surface area contributed by atoms with E-state index >= 15 is 0 Å². The molecule has 1 saturated carbocycles. The molecule has 0 aliphatic heterocycles. The van der Waals surface area contributed by atoms with Crippen molar-refractivity contribution in [3.63, 3.8) is 0 Å². The summed E-state index contributed by atoms with van der Waals surface area (Å²) in [5, 5.41) is 4.95. The Bertz CT molecular complexity index is 776. The Hall–Kier alpha value is -2.41. The molecule has 6 nitrogen and oxygen atoms in total. The second-order valence-corrected chi connectivity index (χ2v) is 7.94. The van der Waals surface area contributed by atoms with Gasteiger partial charge in [-0.1, -0.05) is 19.8 Å². The van der Waals surface area contributed by atoms with Crippen molar-refractivity contribution in [2.24, 2.45) is 5.92 Å². The van der Waals surface area contributed by atoms with Gasteiger partial charge in [-0.2, -0.15) is 0 Å². The van der Waals surface area contributed by atoms with Crippen molar-refractivity contribution < 1.29 is 19.1 Å². The molecule has 0 unspecified atom stereocenters. The lowest BCUT2D eigenvalue weighted by atomic mass is 9.86. The van der Waals surface area contributed by atoms with E-state index in [4.69, 9.17) is 9.47 Å². The van der Waals surface area contributed by atoms with Gasteiger partial charge < -0.3 is 14.8 Å². The highest BCUT2D eigenvalue weighted by atomic mass is 32.1. The van der Waals surface area contributed by atoms with Gasteiger partial charge >= 0.3 is 5.97 Å². The summed E-state index contributed by atoms with van der Waals surface area (Å²) >= 11 is 1.51. The average Bonchev–Trinajstić information content (AvgIpc) is 3.22. The van der Waals surface area contributed by atoms with Gasteiger partial charge in [0.2, 0.25) is 0 Å². The molecule has 1 fully saturated rings. The van der Waals surface area contributed by atoms with Gasteiger partial charge in [-0.05, 0) is 49.9 Å². The topological polar surface area (TPSA) is 77.5 Å². The molecule has 0 saturated heterocycles. The zero-order valence-electron chi connectivity index (χ0n) is 16.2. The van der Waals surface area contributed by atoms with Crippen LogP contribution in [0.1, 0.15) is 55.6 Å². The fourth-order valence-corrected chi connectivity index (χ4v) is 3.81. The van der Waals surface area contributed by atoms with Crippen LogP contribution < -0.4 is 10.1 Å². The van der Waals surface area contributed by atoms with E-state index in [0.717, 1.165) is 25.0 Å². The van der Waals surface area contributed by atoms with Crippen molar-refractivity contribution in [3.8, 4) is 5.75 Å². The van der Waals surface area contributed by atoms with Crippen molar-refractivity contribution in [2.75, 3.05) is 0 Å². The minimum atomic E-state index is -0.831. The number of carbonyl (C=O) groups is 2. The van der Waals surface area contributed by atoms with Gasteiger partial charge in [0.25, 0.3) is 5.91 Å². The lowest BCUT2D eigenvalue weighted by molar-refractivity contribution is -0.130. The van der Waals surface area contributed by atoms with E-state index in [1.54, 1.807) is 36.7 Å². The average molecular weight is 403 g/mol. The number of nitrogens with zero attached hydrogens (tertiary/aromatic N) is 1. The van der Waals surface area contributed by atoms with Crippen molar-refractivity contribution in [1.29, 1.82) is 0 Å². The summed E-state index contributed by atoms with van der Waals surface area (Å²) < 4.78 is 11.0. The molecular formula is C21H26N2O4S. The summed E-state index contributed by atoms with van der Waals surface area (Å²) in [4.78, 5) is 28.8. The summed E-state index contributed by atoms with van der Waals surface area (Å²) in [6, 6.07) is 6.84. The molecule has 3 rings (SSSR count). The van der Waals surface area contributed by atoms with Crippen LogP contribution >= 0.6 is 11.3 Å². The zero-order valence-corrected chi connectivity index (χ0v) is 17.0. The van der Waals surface area contributed by atoms with Crippen molar-refractivity contribution in [3.05, 3.63) is 46.4 Å². The smallest absolute Gasteiger partial charge is 0.338 e. The molecule has 2 aromatic rings.